The van der Waals surface area contributed by atoms with E-state index >= 15 is 0 Å². The third kappa shape index (κ3) is 2.91. The van der Waals surface area contributed by atoms with Crippen molar-refractivity contribution in [2.24, 2.45) is 0 Å². The number of nitrogens with one attached hydrogen (secondary N) is 1. The molecule has 0 spiro atoms. The van der Waals surface area contributed by atoms with Crippen LogP contribution in [0.15, 0.2) is 18.5 Å². The molecule has 3 rings (SSSR count). The predicted molar refractivity (Wildman–Crippen MR) is 72.6 cm³/mol. The molecule has 2 aromatic heterocycles. The Bertz CT molecular complexity index is 533. The Labute approximate surface area is 110 Å². The molecule has 1 saturated carbocycles. The van der Waals surface area contributed by atoms with Gasteiger partial charge in [0.25, 0.3) is 0 Å². The average Bonchev–Trinajstić information content (AvgIpc) is 3.06. The molecule has 2 heterocycles. The zero-order chi connectivity index (χ0) is 12.4. The second-order valence-electron chi connectivity index (χ2n) is 4.73. The number of pyridine rings is 1. The molecule has 0 unspecified atom stereocenters. The summed E-state index contributed by atoms with van der Waals surface area (Å²) < 4.78 is 0. The Morgan fingerprint density at radius 3 is 3.00 bits per heavy atom. The molecule has 18 heavy (non-hydrogen) atoms. The van der Waals surface area contributed by atoms with Crippen molar-refractivity contribution in [1.82, 2.24) is 20.5 Å². The van der Waals surface area contributed by atoms with Crippen LogP contribution in [0.5, 0.6) is 0 Å². The topological polar surface area (TPSA) is 50.7 Å². The standard InChI is InChI=1S/C13H16N4S/c1-9-6-10(8-14-7-9)13-17-16-12(18-13)4-5-15-11-2-3-11/h6-8,11,15H,2-5H2,1H3. The Morgan fingerprint density at radius 1 is 1.33 bits per heavy atom. The van der Waals surface area contributed by atoms with E-state index in [2.05, 4.69) is 26.6 Å². The summed E-state index contributed by atoms with van der Waals surface area (Å²) in [5.74, 6) is 0. The fourth-order valence-corrected chi connectivity index (χ4v) is 2.63. The maximum absolute atomic E-state index is 4.24. The summed E-state index contributed by atoms with van der Waals surface area (Å²) in [5, 5.41) is 14.0. The van der Waals surface area contributed by atoms with Crippen LogP contribution in [-0.2, 0) is 6.42 Å². The highest BCUT2D eigenvalue weighted by molar-refractivity contribution is 7.14. The summed E-state index contributed by atoms with van der Waals surface area (Å²) in [6, 6.07) is 2.86. The lowest BCUT2D eigenvalue weighted by molar-refractivity contribution is 0.677. The maximum Gasteiger partial charge on any atom is 0.149 e. The van der Waals surface area contributed by atoms with Crippen molar-refractivity contribution in [3.8, 4) is 10.6 Å². The van der Waals surface area contributed by atoms with Crippen LogP contribution in [0, 0.1) is 6.92 Å². The smallest absolute Gasteiger partial charge is 0.149 e. The normalized spacial score (nSPS) is 14.9. The van der Waals surface area contributed by atoms with Crippen molar-refractivity contribution in [2.75, 3.05) is 6.54 Å². The molecule has 0 atom stereocenters. The van der Waals surface area contributed by atoms with Crippen molar-refractivity contribution < 1.29 is 0 Å². The first-order valence-electron chi connectivity index (χ1n) is 6.29. The highest BCUT2D eigenvalue weighted by Gasteiger charge is 2.19. The molecule has 4 nitrogen and oxygen atoms in total. The van der Waals surface area contributed by atoms with E-state index in [4.69, 9.17) is 0 Å². The van der Waals surface area contributed by atoms with Crippen molar-refractivity contribution in [1.29, 1.82) is 0 Å². The highest BCUT2D eigenvalue weighted by atomic mass is 32.1. The summed E-state index contributed by atoms with van der Waals surface area (Å²) in [6.07, 6.45) is 7.32. The van der Waals surface area contributed by atoms with Crippen LogP contribution < -0.4 is 5.32 Å². The average molecular weight is 260 g/mol. The lowest BCUT2D eigenvalue weighted by atomic mass is 10.2. The lowest BCUT2D eigenvalue weighted by Crippen LogP contribution is -2.19. The first kappa shape index (κ1) is 11.7. The number of aromatic nitrogens is 3. The van der Waals surface area contributed by atoms with E-state index in [9.17, 15) is 0 Å². The fraction of sp³-hybridized carbons (Fsp3) is 0.462. The van der Waals surface area contributed by atoms with Crippen LogP contribution in [0.1, 0.15) is 23.4 Å². The van der Waals surface area contributed by atoms with Gasteiger partial charge in [-0.3, -0.25) is 4.98 Å². The van der Waals surface area contributed by atoms with Gasteiger partial charge in [-0.25, -0.2) is 0 Å². The minimum absolute atomic E-state index is 0.762. The number of rotatable bonds is 5. The monoisotopic (exact) mass is 260 g/mol. The Hall–Kier alpha value is -1.33. The van der Waals surface area contributed by atoms with Crippen molar-refractivity contribution in [2.45, 2.75) is 32.2 Å². The van der Waals surface area contributed by atoms with Gasteiger partial charge in [-0.1, -0.05) is 11.3 Å². The van der Waals surface area contributed by atoms with Gasteiger partial charge in [-0.05, 0) is 31.4 Å². The second kappa shape index (κ2) is 5.12. The molecule has 1 aliphatic rings. The highest BCUT2D eigenvalue weighted by Crippen LogP contribution is 2.24. The number of hydrogen-bond donors (Lipinski definition) is 1. The quantitative estimate of drug-likeness (QED) is 0.895. The third-order valence-corrected chi connectivity index (χ3v) is 3.97. The summed E-state index contributed by atoms with van der Waals surface area (Å²) in [7, 11) is 0. The maximum atomic E-state index is 4.24. The molecule has 5 heteroatoms. The van der Waals surface area contributed by atoms with Gasteiger partial charge in [0, 0.05) is 37.0 Å². The van der Waals surface area contributed by atoms with E-state index in [1.165, 1.54) is 12.8 Å². The van der Waals surface area contributed by atoms with Crippen molar-refractivity contribution in [3.63, 3.8) is 0 Å². The Balaban J connectivity index is 1.64. The summed E-state index contributed by atoms with van der Waals surface area (Å²) in [5.41, 5.74) is 2.22. The molecular weight excluding hydrogens is 244 g/mol. The molecule has 0 radical (unpaired) electrons. The van der Waals surface area contributed by atoms with Crippen LogP contribution in [0.25, 0.3) is 10.6 Å². The largest absolute Gasteiger partial charge is 0.314 e. The predicted octanol–water partition coefficient (Wildman–Crippen LogP) is 2.20. The molecular formula is C13H16N4S. The van der Waals surface area contributed by atoms with Crippen LogP contribution in [0.3, 0.4) is 0 Å². The molecule has 0 amide bonds. The second-order valence-corrected chi connectivity index (χ2v) is 5.79. The van der Waals surface area contributed by atoms with Gasteiger partial charge in [0.15, 0.2) is 0 Å². The van der Waals surface area contributed by atoms with Crippen molar-refractivity contribution >= 4 is 11.3 Å². The van der Waals surface area contributed by atoms with E-state index in [0.29, 0.717) is 0 Å². The van der Waals surface area contributed by atoms with Crippen LogP contribution in [0.2, 0.25) is 0 Å². The van der Waals surface area contributed by atoms with E-state index in [-0.39, 0.29) is 0 Å². The van der Waals surface area contributed by atoms with Crippen LogP contribution in [-0.4, -0.2) is 27.8 Å². The van der Waals surface area contributed by atoms with E-state index in [0.717, 1.165) is 40.1 Å². The van der Waals surface area contributed by atoms with Gasteiger partial charge in [-0.15, -0.1) is 10.2 Å². The molecule has 1 N–H and O–H groups in total. The number of hydrogen-bond acceptors (Lipinski definition) is 5. The fourth-order valence-electron chi connectivity index (χ4n) is 1.81. The number of aryl methyl sites for hydroxylation is 1. The Morgan fingerprint density at radius 2 is 2.22 bits per heavy atom. The van der Waals surface area contributed by atoms with Crippen LogP contribution >= 0.6 is 11.3 Å². The molecule has 2 aromatic rings. The van der Waals surface area contributed by atoms with Crippen molar-refractivity contribution in [3.05, 3.63) is 29.0 Å². The molecule has 0 aromatic carbocycles. The minimum atomic E-state index is 0.762. The summed E-state index contributed by atoms with van der Waals surface area (Å²) in [4.78, 5) is 4.19. The van der Waals surface area contributed by atoms with Gasteiger partial charge in [0.2, 0.25) is 0 Å². The molecule has 1 fully saturated rings. The SMILES string of the molecule is Cc1cncc(-c2nnc(CCNC3CC3)s2)c1. The van der Waals surface area contributed by atoms with Gasteiger partial charge >= 0.3 is 0 Å². The lowest BCUT2D eigenvalue weighted by Gasteiger charge is -1.98. The molecule has 94 valence electrons. The van der Waals surface area contributed by atoms with E-state index < -0.39 is 0 Å². The van der Waals surface area contributed by atoms with Gasteiger partial charge in [-0.2, -0.15) is 0 Å². The van der Waals surface area contributed by atoms with E-state index in [1.807, 2.05) is 19.3 Å². The summed E-state index contributed by atoms with van der Waals surface area (Å²) >= 11 is 1.66. The third-order valence-electron chi connectivity index (χ3n) is 2.94. The van der Waals surface area contributed by atoms with Gasteiger partial charge in [0.05, 0.1) is 0 Å². The van der Waals surface area contributed by atoms with Gasteiger partial charge < -0.3 is 5.32 Å². The minimum Gasteiger partial charge on any atom is -0.314 e. The molecule has 0 bridgehead atoms. The van der Waals surface area contributed by atoms with E-state index in [1.54, 1.807) is 11.3 Å². The molecule has 0 saturated heterocycles. The van der Waals surface area contributed by atoms with Gasteiger partial charge in [0.1, 0.15) is 10.0 Å². The zero-order valence-electron chi connectivity index (χ0n) is 10.4. The first-order chi connectivity index (χ1) is 8.81. The Kier molecular flexibility index (Phi) is 3.34. The van der Waals surface area contributed by atoms with Crippen LogP contribution in [0.4, 0.5) is 0 Å². The number of nitrogens with zero attached hydrogens (tertiary/aromatic N) is 3. The first-order valence-corrected chi connectivity index (χ1v) is 7.11. The summed E-state index contributed by atoms with van der Waals surface area (Å²) in [6.45, 7) is 3.05. The zero-order valence-corrected chi connectivity index (χ0v) is 11.2. The molecule has 1 aliphatic carbocycles. The molecule has 0 aliphatic heterocycles.